The van der Waals surface area contributed by atoms with E-state index in [4.69, 9.17) is 5.10 Å². The van der Waals surface area contributed by atoms with Crippen molar-refractivity contribution in [3.63, 3.8) is 0 Å². The highest BCUT2D eigenvalue weighted by atomic mass is 32.1. The minimum absolute atomic E-state index is 0.0120. The van der Waals surface area contributed by atoms with Crippen molar-refractivity contribution < 1.29 is 4.79 Å². The lowest BCUT2D eigenvalue weighted by atomic mass is 10.1. The van der Waals surface area contributed by atoms with Crippen LogP contribution in [0.3, 0.4) is 0 Å². The van der Waals surface area contributed by atoms with E-state index in [1.54, 1.807) is 17.4 Å². The number of amides is 1. The highest BCUT2D eigenvalue weighted by Gasteiger charge is 2.30. The van der Waals surface area contributed by atoms with E-state index in [0.717, 1.165) is 27.6 Å². The quantitative estimate of drug-likeness (QED) is 0.446. The predicted octanol–water partition coefficient (Wildman–Crippen LogP) is 4.90. The summed E-state index contributed by atoms with van der Waals surface area (Å²) in [6, 6.07) is 14.4. The minimum atomic E-state index is 0.0120. The van der Waals surface area contributed by atoms with E-state index in [1.807, 2.05) is 57.7 Å². The molecule has 0 bridgehead atoms. The molecular weight excluding hydrogens is 392 g/mol. The molecule has 30 heavy (non-hydrogen) atoms. The van der Waals surface area contributed by atoms with Gasteiger partial charge >= 0.3 is 0 Å². The molecule has 150 valence electrons. The Morgan fingerprint density at radius 2 is 1.93 bits per heavy atom. The van der Waals surface area contributed by atoms with Crippen LogP contribution in [0.4, 0.5) is 0 Å². The maximum atomic E-state index is 12.8. The normalized spacial score (nSPS) is 13.3. The summed E-state index contributed by atoms with van der Waals surface area (Å²) in [6.45, 7) is 5.29. The van der Waals surface area contributed by atoms with E-state index < -0.39 is 0 Å². The van der Waals surface area contributed by atoms with Gasteiger partial charge in [-0.2, -0.15) is 5.10 Å². The van der Waals surface area contributed by atoms with Crippen molar-refractivity contribution in [2.45, 2.75) is 26.9 Å². The van der Waals surface area contributed by atoms with Gasteiger partial charge in [-0.25, -0.2) is 4.68 Å². The van der Waals surface area contributed by atoms with Crippen LogP contribution in [-0.2, 0) is 17.9 Å². The molecule has 1 aliphatic heterocycles. The van der Waals surface area contributed by atoms with Crippen LogP contribution in [0.25, 0.3) is 17.6 Å². The number of fused-ring (bicyclic) bond motifs is 1. The van der Waals surface area contributed by atoms with Crippen molar-refractivity contribution in [1.29, 1.82) is 0 Å². The summed E-state index contributed by atoms with van der Waals surface area (Å²) in [5, 5.41) is 6.94. The standard InChI is InChI=1S/C24H22N4OS/c1-17-7-9-22(18(2)14-17)28-24(26-11-3-4-12-26)20-15-27(16-21(20)25-28)23(29)10-8-19-6-5-13-30-19/h3-14H,15-16H2,1-2H3. The lowest BCUT2D eigenvalue weighted by molar-refractivity contribution is -0.126. The molecule has 3 aromatic heterocycles. The number of aromatic nitrogens is 3. The fourth-order valence-corrected chi connectivity index (χ4v) is 4.57. The highest BCUT2D eigenvalue weighted by Crippen LogP contribution is 2.31. The number of nitrogens with zero attached hydrogens (tertiary/aromatic N) is 4. The van der Waals surface area contributed by atoms with Gasteiger partial charge in [0.25, 0.3) is 0 Å². The molecule has 1 aromatic carbocycles. The van der Waals surface area contributed by atoms with E-state index >= 15 is 0 Å². The number of hydrogen-bond donors (Lipinski definition) is 0. The first-order valence-electron chi connectivity index (χ1n) is 9.92. The zero-order valence-corrected chi connectivity index (χ0v) is 17.8. The monoisotopic (exact) mass is 414 g/mol. The van der Waals surface area contributed by atoms with Crippen LogP contribution >= 0.6 is 11.3 Å². The van der Waals surface area contributed by atoms with Crippen molar-refractivity contribution in [2.24, 2.45) is 0 Å². The van der Waals surface area contributed by atoms with Crippen molar-refractivity contribution >= 4 is 23.3 Å². The number of carbonyl (C=O) groups excluding carboxylic acids is 1. The Morgan fingerprint density at radius 3 is 2.67 bits per heavy atom. The van der Waals surface area contributed by atoms with Crippen LogP contribution in [0, 0.1) is 13.8 Å². The Hall–Kier alpha value is -3.38. The molecule has 0 N–H and O–H groups in total. The van der Waals surface area contributed by atoms with Crippen LogP contribution in [0.15, 0.2) is 66.3 Å². The van der Waals surface area contributed by atoms with Gasteiger partial charge in [-0.1, -0.05) is 23.8 Å². The molecule has 0 aliphatic carbocycles. The molecule has 0 unspecified atom stereocenters. The van der Waals surface area contributed by atoms with Gasteiger partial charge in [-0.05, 0) is 55.1 Å². The summed E-state index contributed by atoms with van der Waals surface area (Å²) in [5.74, 6) is 1.01. The van der Waals surface area contributed by atoms with Crippen molar-refractivity contribution in [2.75, 3.05) is 0 Å². The smallest absolute Gasteiger partial charge is 0.247 e. The maximum Gasteiger partial charge on any atom is 0.247 e. The second-order valence-electron chi connectivity index (χ2n) is 7.58. The van der Waals surface area contributed by atoms with Crippen molar-refractivity contribution in [1.82, 2.24) is 19.2 Å². The van der Waals surface area contributed by atoms with Gasteiger partial charge in [-0.3, -0.25) is 4.79 Å². The van der Waals surface area contributed by atoms with E-state index in [9.17, 15) is 4.79 Å². The Labute approximate surface area is 179 Å². The first-order valence-corrected chi connectivity index (χ1v) is 10.8. The van der Waals surface area contributed by atoms with Crippen LogP contribution in [0.5, 0.6) is 0 Å². The molecule has 5 rings (SSSR count). The Kier molecular flexibility index (Phi) is 4.64. The zero-order valence-electron chi connectivity index (χ0n) is 16.9. The highest BCUT2D eigenvalue weighted by molar-refractivity contribution is 7.10. The van der Waals surface area contributed by atoms with Gasteiger partial charge in [0.1, 0.15) is 5.82 Å². The number of rotatable bonds is 4. The number of carbonyl (C=O) groups is 1. The second-order valence-corrected chi connectivity index (χ2v) is 8.56. The van der Waals surface area contributed by atoms with Gasteiger partial charge in [0.05, 0.1) is 24.5 Å². The summed E-state index contributed by atoms with van der Waals surface area (Å²) in [5.41, 5.74) is 5.53. The molecule has 0 spiro atoms. The summed E-state index contributed by atoms with van der Waals surface area (Å²) in [4.78, 5) is 15.7. The second kappa shape index (κ2) is 7.46. The third kappa shape index (κ3) is 3.29. The van der Waals surface area contributed by atoms with E-state index in [0.29, 0.717) is 13.1 Å². The van der Waals surface area contributed by atoms with Crippen LogP contribution < -0.4 is 0 Å². The minimum Gasteiger partial charge on any atom is -0.329 e. The summed E-state index contributed by atoms with van der Waals surface area (Å²) < 4.78 is 4.10. The van der Waals surface area contributed by atoms with Crippen molar-refractivity contribution in [3.8, 4) is 11.5 Å². The average Bonchev–Trinajstić information content (AvgIpc) is 3.49. The number of hydrogen-bond acceptors (Lipinski definition) is 3. The van der Waals surface area contributed by atoms with Crippen LogP contribution in [0.2, 0.25) is 0 Å². The summed E-state index contributed by atoms with van der Waals surface area (Å²) in [6.07, 6.45) is 7.59. The van der Waals surface area contributed by atoms with Crippen molar-refractivity contribution in [3.05, 3.63) is 93.6 Å². The zero-order chi connectivity index (χ0) is 20.7. The van der Waals surface area contributed by atoms with Crippen LogP contribution in [-0.4, -0.2) is 25.2 Å². The fraction of sp³-hybridized carbons (Fsp3) is 0.167. The third-order valence-corrected chi connectivity index (χ3v) is 6.24. The first kappa shape index (κ1) is 18.6. The molecule has 0 saturated carbocycles. The molecule has 5 nitrogen and oxygen atoms in total. The molecule has 0 fully saturated rings. The van der Waals surface area contributed by atoms with E-state index in [1.165, 1.54) is 11.1 Å². The number of thiophene rings is 1. The molecule has 1 amide bonds. The first-order chi connectivity index (χ1) is 14.6. The average molecular weight is 415 g/mol. The molecule has 1 aliphatic rings. The molecule has 0 saturated heterocycles. The Bertz CT molecular complexity index is 1230. The topological polar surface area (TPSA) is 43.1 Å². The fourth-order valence-electron chi connectivity index (χ4n) is 3.95. The number of aryl methyl sites for hydroxylation is 2. The summed E-state index contributed by atoms with van der Waals surface area (Å²) >= 11 is 1.62. The Balaban J connectivity index is 1.50. The number of benzene rings is 1. The van der Waals surface area contributed by atoms with Gasteiger partial charge < -0.3 is 9.47 Å². The van der Waals surface area contributed by atoms with Gasteiger partial charge in [0, 0.05) is 28.9 Å². The van der Waals surface area contributed by atoms with E-state index in [-0.39, 0.29) is 5.91 Å². The summed E-state index contributed by atoms with van der Waals surface area (Å²) in [7, 11) is 0. The molecule has 4 heterocycles. The Morgan fingerprint density at radius 1 is 1.10 bits per heavy atom. The van der Waals surface area contributed by atoms with Gasteiger partial charge in [0.15, 0.2) is 0 Å². The third-order valence-electron chi connectivity index (χ3n) is 5.40. The largest absolute Gasteiger partial charge is 0.329 e. The molecule has 0 atom stereocenters. The van der Waals surface area contributed by atoms with Crippen LogP contribution in [0.1, 0.15) is 27.3 Å². The molecule has 4 aromatic rings. The lowest BCUT2D eigenvalue weighted by Crippen LogP contribution is -2.24. The lowest BCUT2D eigenvalue weighted by Gasteiger charge is -2.17. The SMILES string of the molecule is Cc1ccc(-n2nc3c(c2-n2cccc2)CN(C(=O)C=Cc2cccs2)C3)c(C)c1. The van der Waals surface area contributed by atoms with Gasteiger partial charge in [-0.15, -0.1) is 11.3 Å². The molecule has 0 radical (unpaired) electrons. The molecule has 6 heteroatoms. The predicted molar refractivity (Wildman–Crippen MR) is 120 cm³/mol. The maximum absolute atomic E-state index is 12.8. The van der Waals surface area contributed by atoms with Gasteiger partial charge in [0.2, 0.25) is 5.91 Å². The van der Waals surface area contributed by atoms with E-state index in [2.05, 4.69) is 36.6 Å². The molecular formula is C24H22N4OS.